The molecule has 1 aromatic rings. The second kappa shape index (κ2) is 3.00. The zero-order valence-corrected chi connectivity index (χ0v) is 7.49. The Morgan fingerprint density at radius 2 is 2.30 bits per heavy atom. The SMILES string of the molecule is COc1cc(I)nnc1N. The summed E-state index contributed by atoms with van der Waals surface area (Å²) in [6.07, 6.45) is 0. The molecule has 54 valence electrons. The third kappa shape index (κ3) is 1.47. The summed E-state index contributed by atoms with van der Waals surface area (Å²) in [6, 6.07) is 1.73. The van der Waals surface area contributed by atoms with Gasteiger partial charge in [0.05, 0.1) is 7.11 Å². The van der Waals surface area contributed by atoms with Gasteiger partial charge in [0.15, 0.2) is 11.6 Å². The average molecular weight is 251 g/mol. The number of nitrogens with two attached hydrogens (primary N) is 1. The van der Waals surface area contributed by atoms with Gasteiger partial charge in [0.2, 0.25) is 0 Å². The van der Waals surface area contributed by atoms with Gasteiger partial charge < -0.3 is 10.5 Å². The predicted octanol–water partition coefficient (Wildman–Crippen LogP) is 0.672. The molecule has 0 spiro atoms. The van der Waals surface area contributed by atoms with Gasteiger partial charge in [0.1, 0.15) is 3.70 Å². The van der Waals surface area contributed by atoms with E-state index in [2.05, 4.69) is 10.2 Å². The van der Waals surface area contributed by atoms with Gasteiger partial charge in [-0.2, -0.15) is 0 Å². The van der Waals surface area contributed by atoms with E-state index in [1.807, 2.05) is 22.6 Å². The van der Waals surface area contributed by atoms with Crippen molar-refractivity contribution >= 4 is 28.4 Å². The predicted molar refractivity (Wildman–Crippen MR) is 45.7 cm³/mol. The van der Waals surface area contributed by atoms with Gasteiger partial charge in [-0.3, -0.25) is 0 Å². The van der Waals surface area contributed by atoms with E-state index in [0.29, 0.717) is 11.6 Å². The van der Waals surface area contributed by atoms with Crippen LogP contribution in [0.2, 0.25) is 0 Å². The average Bonchev–Trinajstić information content (AvgIpc) is 1.94. The van der Waals surface area contributed by atoms with Crippen LogP contribution in [0.4, 0.5) is 5.82 Å². The molecule has 0 aliphatic heterocycles. The fraction of sp³-hybridized carbons (Fsp3) is 0.200. The van der Waals surface area contributed by atoms with Crippen LogP contribution in [0.1, 0.15) is 0 Å². The lowest BCUT2D eigenvalue weighted by molar-refractivity contribution is 0.413. The van der Waals surface area contributed by atoms with Crippen molar-refractivity contribution in [3.05, 3.63) is 9.77 Å². The van der Waals surface area contributed by atoms with E-state index in [0.717, 1.165) is 3.70 Å². The second-order valence-corrected chi connectivity index (χ2v) is 2.73. The van der Waals surface area contributed by atoms with Gasteiger partial charge >= 0.3 is 0 Å². The van der Waals surface area contributed by atoms with E-state index in [9.17, 15) is 0 Å². The molecule has 4 nitrogen and oxygen atoms in total. The molecule has 0 aliphatic rings. The zero-order valence-electron chi connectivity index (χ0n) is 5.34. The smallest absolute Gasteiger partial charge is 0.188 e. The van der Waals surface area contributed by atoms with Crippen LogP contribution in [0.5, 0.6) is 5.75 Å². The molecule has 2 N–H and O–H groups in total. The molecule has 0 amide bonds. The molecule has 0 bridgehead atoms. The van der Waals surface area contributed by atoms with E-state index in [4.69, 9.17) is 10.5 Å². The van der Waals surface area contributed by atoms with Crippen LogP contribution in [-0.4, -0.2) is 17.3 Å². The quantitative estimate of drug-likeness (QED) is 0.745. The lowest BCUT2D eigenvalue weighted by atomic mass is 10.5. The maximum absolute atomic E-state index is 5.40. The number of nitrogen functional groups attached to an aromatic ring is 1. The third-order valence-electron chi connectivity index (χ3n) is 0.976. The maximum Gasteiger partial charge on any atom is 0.188 e. The highest BCUT2D eigenvalue weighted by Crippen LogP contribution is 2.17. The number of halogens is 1. The molecule has 0 aliphatic carbocycles. The van der Waals surface area contributed by atoms with Gasteiger partial charge in [-0.1, -0.05) is 0 Å². The first-order valence-corrected chi connectivity index (χ1v) is 3.64. The van der Waals surface area contributed by atoms with E-state index in [-0.39, 0.29) is 0 Å². The Morgan fingerprint density at radius 1 is 1.60 bits per heavy atom. The van der Waals surface area contributed by atoms with Crippen molar-refractivity contribution in [1.29, 1.82) is 0 Å². The lowest BCUT2D eigenvalue weighted by Crippen LogP contribution is -1.98. The first-order chi connectivity index (χ1) is 4.74. The molecule has 10 heavy (non-hydrogen) atoms. The van der Waals surface area contributed by atoms with Crippen LogP contribution >= 0.6 is 22.6 Å². The summed E-state index contributed by atoms with van der Waals surface area (Å²) >= 11 is 2.04. The number of rotatable bonds is 1. The van der Waals surface area contributed by atoms with Crippen molar-refractivity contribution < 1.29 is 4.74 Å². The topological polar surface area (TPSA) is 61.0 Å². The second-order valence-electron chi connectivity index (χ2n) is 1.62. The van der Waals surface area contributed by atoms with Gasteiger partial charge in [0.25, 0.3) is 0 Å². The van der Waals surface area contributed by atoms with Crippen molar-refractivity contribution in [2.45, 2.75) is 0 Å². The van der Waals surface area contributed by atoms with Crippen LogP contribution in [0.15, 0.2) is 6.07 Å². The molecule has 0 saturated heterocycles. The summed E-state index contributed by atoms with van der Waals surface area (Å²) in [6.45, 7) is 0. The minimum absolute atomic E-state index is 0.322. The summed E-state index contributed by atoms with van der Waals surface area (Å²) in [5.74, 6) is 0.891. The molecule has 1 rings (SSSR count). The van der Waals surface area contributed by atoms with E-state index in [1.54, 1.807) is 13.2 Å². The molecule has 0 unspecified atom stereocenters. The van der Waals surface area contributed by atoms with Gasteiger partial charge in [0, 0.05) is 6.07 Å². The summed E-state index contributed by atoms with van der Waals surface area (Å²) in [5, 5.41) is 7.36. The zero-order chi connectivity index (χ0) is 7.56. The van der Waals surface area contributed by atoms with E-state index < -0.39 is 0 Å². The molecule has 5 heteroatoms. The number of nitrogens with zero attached hydrogens (tertiary/aromatic N) is 2. The van der Waals surface area contributed by atoms with Crippen LogP contribution in [0, 0.1) is 3.70 Å². The van der Waals surface area contributed by atoms with Gasteiger partial charge in [-0.15, -0.1) is 10.2 Å². The third-order valence-corrected chi connectivity index (χ3v) is 1.50. The van der Waals surface area contributed by atoms with Crippen LogP contribution in [-0.2, 0) is 0 Å². The number of aromatic nitrogens is 2. The Morgan fingerprint density at radius 3 is 2.80 bits per heavy atom. The summed E-state index contributed by atoms with van der Waals surface area (Å²) in [5.41, 5.74) is 5.40. The molecule has 1 heterocycles. The molecular weight excluding hydrogens is 245 g/mol. The fourth-order valence-corrected chi connectivity index (χ4v) is 0.916. The van der Waals surface area contributed by atoms with Crippen molar-refractivity contribution in [2.75, 3.05) is 12.8 Å². The number of hydrogen-bond donors (Lipinski definition) is 1. The van der Waals surface area contributed by atoms with Crippen molar-refractivity contribution in [1.82, 2.24) is 10.2 Å². The van der Waals surface area contributed by atoms with E-state index >= 15 is 0 Å². The monoisotopic (exact) mass is 251 g/mol. The molecule has 1 aromatic heterocycles. The molecule has 0 aromatic carbocycles. The Kier molecular flexibility index (Phi) is 2.25. The van der Waals surface area contributed by atoms with Crippen molar-refractivity contribution in [3.63, 3.8) is 0 Å². The minimum atomic E-state index is 0.322. The van der Waals surface area contributed by atoms with Crippen LogP contribution in [0.3, 0.4) is 0 Å². The molecule has 0 saturated carbocycles. The highest BCUT2D eigenvalue weighted by molar-refractivity contribution is 14.1. The van der Waals surface area contributed by atoms with Gasteiger partial charge in [-0.05, 0) is 22.6 Å². The number of ether oxygens (including phenoxy) is 1. The molecule has 0 fully saturated rings. The number of methoxy groups -OCH3 is 1. The highest BCUT2D eigenvalue weighted by atomic mass is 127. The van der Waals surface area contributed by atoms with Crippen LogP contribution in [0.25, 0.3) is 0 Å². The molecular formula is C5H6IN3O. The molecule has 0 atom stereocenters. The molecule has 0 radical (unpaired) electrons. The first kappa shape index (κ1) is 7.52. The first-order valence-electron chi connectivity index (χ1n) is 2.56. The summed E-state index contributed by atoms with van der Waals surface area (Å²) in [4.78, 5) is 0. The van der Waals surface area contributed by atoms with Gasteiger partial charge in [-0.25, -0.2) is 0 Å². The fourth-order valence-electron chi connectivity index (χ4n) is 0.525. The maximum atomic E-state index is 5.40. The summed E-state index contributed by atoms with van der Waals surface area (Å²) in [7, 11) is 1.55. The number of hydrogen-bond acceptors (Lipinski definition) is 4. The Labute approximate surface area is 71.9 Å². The Hall–Kier alpha value is -0.590. The standard InChI is InChI=1S/C5H6IN3O/c1-10-3-2-4(6)8-9-5(3)7/h2H,1H3,(H2,7,9). The minimum Gasteiger partial charge on any atom is -0.493 e. The van der Waals surface area contributed by atoms with Crippen molar-refractivity contribution in [3.8, 4) is 5.75 Å². The highest BCUT2D eigenvalue weighted by Gasteiger charge is 2.00. The van der Waals surface area contributed by atoms with Crippen LogP contribution < -0.4 is 10.5 Å². The van der Waals surface area contributed by atoms with E-state index in [1.165, 1.54) is 0 Å². The number of anilines is 1. The van der Waals surface area contributed by atoms with Crippen molar-refractivity contribution in [2.24, 2.45) is 0 Å². The summed E-state index contributed by atoms with van der Waals surface area (Å²) < 4.78 is 5.66. The Bertz CT molecular complexity index is 240. The normalized spacial score (nSPS) is 9.40. The Balaban J connectivity index is 3.09. The largest absolute Gasteiger partial charge is 0.493 e. The lowest BCUT2D eigenvalue weighted by Gasteiger charge is -2.00.